The lowest BCUT2D eigenvalue weighted by Crippen LogP contribution is -2.29. The summed E-state index contributed by atoms with van der Waals surface area (Å²) in [4.78, 5) is 0. The highest BCUT2D eigenvalue weighted by atomic mass is 14.6. The fraction of sp³-hybridized carbons (Fsp3) is 0.667. The third-order valence-electron chi connectivity index (χ3n) is 11.9. The normalized spacial score (nSPS) is 40.3. The van der Waals surface area contributed by atoms with Gasteiger partial charge in [-0.15, -0.1) is 0 Å². The van der Waals surface area contributed by atoms with E-state index < -0.39 is 0 Å². The number of unbranched alkanes of at least 4 members (excludes halogenated alkanes) is 3. The van der Waals surface area contributed by atoms with Crippen LogP contribution in [0.4, 0.5) is 0 Å². The molecule has 2 aromatic rings. The van der Waals surface area contributed by atoms with Gasteiger partial charge in [-0.2, -0.15) is 0 Å². The lowest BCUT2D eigenvalue weighted by atomic mass is 9.65. The highest BCUT2D eigenvalue weighted by Gasteiger charge is 2.55. The van der Waals surface area contributed by atoms with Crippen molar-refractivity contribution in [1.29, 1.82) is 0 Å². The molecule has 36 heavy (non-hydrogen) atoms. The van der Waals surface area contributed by atoms with Crippen molar-refractivity contribution in [3.63, 3.8) is 0 Å². The first-order valence-corrected chi connectivity index (χ1v) is 15.6. The van der Waals surface area contributed by atoms with Crippen LogP contribution in [0.15, 0.2) is 60.7 Å². The topological polar surface area (TPSA) is 0 Å². The average Bonchev–Trinajstić information content (AvgIpc) is 3.65. The molecule has 4 fully saturated rings. The van der Waals surface area contributed by atoms with Gasteiger partial charge < -0.3 is 0 Å². The van der Waals surface area contributed by atoms with Gasteiger partial charge in [0.05, 0.1) is 0 Å². The largest absolute Gasteiger partial charge is 0.0654 e. The van der Waals surface area contributed by atoms with Crippen LogP contribution in [0.2, 0.25) is 0 Å². The van der Waals surface area contributed by atoms with Gasteiger partial charge in [0.1, 0.15) is 0 Å². The SMILES string of the molecule is CC1C(C)C2CC1C(c1ccccc1)C2c1ccccc1.CCCCCCC1CC2CC1C(C)C2C. The molecule has 0 nitrogen and oxygen atoms in total. The monoisotopic (exact) mass is 484 g/mol. The molecule has 11 unspecified atom stereocenters. The maximum atomic E-state index is 2.51. The first-order valence-electron chi connectivity index (χ1n) is 15.6. The number of fused-ring (bicyclic) bond motifs is 4. The maximum Gasteiger partial charge on any atom is -0.00592 e. The van der Waals surface area contributed by atoms with Crippen molar-refractivity contribution in [3.8, 4) is 0 Å². The fourth-order valence-electron chi connectivity index (χ4n) is 9.52. The zero-order valence-corrected chi connectivity index (χ0v) is 23.8. The molecule has 6 rings (SSSR count). The molecule has 0 N–H and O–H groups in total. The molecule has 0 radical (unpaired) electrons. The summed E-state index contributed by atoms with van der Waals surface area (Å²) in [5.74, 6) is 10.2. The molecule has 4 aliphatic rings. The van der Waals surface area contributed by atoms with Crippen LogP contribution in [0, 0.1) is 53.3 Å². The molecule has 4 bridgehead atoms. The predicted molar refractivity (Wildman–Crippen MR) is 155 cm³/mol. The van der Waals surface area contributed by atoms with Crippen LogP contribution in [-0.4, -0.2) is 0 Å². The van der Waals surface area contributed by atoms with E-state index in [1.165, 1.54) is 38.5 Å². The van der Waals surface area contributed by atoms with Crippen LogP contribution < -0.4 is 0 Å². The molecule has 196 valence electrons. The molecule has 0 aliphatic heterocycles. The summed E-state index contributed by atoms with van der Waals surface area (Å²) in [5.41, 5.74) is 3.11. The summed E-state index contributed by atoms with van der Waals surface area (Å²) in [6, 6.07) is 22.5. The Morgan fingerprint density at radius 3 is 1.56 bits per heavy atom. The van der Waals surface area contributed by atoms with Crippen LogP contribution in [0.25, 0.3) is 0 Å². The van der Waals surface area contributed by atoms with Crippen LogP contribution in [0.3, 0.4) is 0 Å². The van der Waals surface area contributed by atoms with Gasteiger partial charge in [-0.1, -0.05) is 127 Å². The second kappa shape index (κ2) is 11.4. The Labute approximate surface area is 222 Å². The summed E-state index contributed by atoms with van der Waals surface area (Å²) in [6.45, 7) is 12.3. The molecule has 0 heterocycles. The van der Waals surface area contributed by atoms with Gasteiger partial charge in [0.2, 0.25) is 0 Å². The maximum absolute atomic E-state index is 2.51. The third kappa shape index (κ3) is 4.96. The minimum Gasteiger partial charge on any atom is -0.0654 e. The van der Waals surface area contributed by atoms with E-state index in [2.05, 4.69) is 95.3 Å². The Morgan fingerprint density at radius 2 is 1.08 bits per heavy atom. The van der Waals surface area contributed by atoms with E-state index in [9.17, 15) is 0 Å². The number of rotatable bonds is 7. The van der Waals surface area contributed by atoms with Crippen molar-refractivity contribution in [3.05, 3.63) is 71.8 Å². The Morgan fingerprint density at radius 1 is 0.556 bits per heavy atom. The van der Waals surface area contributed by atoms with E-state index >= 15 is 0 Å². The molecule has 0 heteroatoms. The fourth-order valence-corrected chi connectivity index (χ4v) is 9.52. The van der Waals surface area contributed by atoms with E-state index in [1.807, 2.05) is 0 Å². The molecular formula is C36H52. The quantitative estimate of drug-likeness (QED) is 0.343. The second-order valence-corrected chi connectivity index (χ2v) is 13.4. The molecule has 4 aliphatic carbocycles. The van der Waals surface area contributed by atoms with E-state index in [1.54, 1.807) is 24.0 Å². The van der Waals surface area contributed by atoms with Gasteiger partial charge in [-0.05, 0) is 95.5 Å². The van der Waals surface area contributed by atoms with Crippen molar-refractivity contribution in [1.82, 2.24) is 0 Å². The third-order valence-corrected chi connectivity index (χ3v) is 11.9. The molecule has 0 amide bonds. The number of hydrogen-bond donors (Lipinski definition) is 0. The molecule has 11 atom stereocenters. The van der Waals surface area contributed by atoms with E-state index in [0.29, 0.717) is 11.8 Å². The highest BCUT2D eigenvalue weighted by Crippen LogP contribution is 2.65. The van der Waals surface area contributed by atoms with Crippen molar-refractivity contribution in [2.45, 2.75) is 97.8 Å². The van der Waals surface area contributed by atoms with Gasteiger partial charge in [0, 0.05) is 0 Å². The van der Waals surface area contributed by atoms with Gasteiger partial charge in [-0.3, -0.25) is 0 Å². The summed E-state index contributed by atoms with van der Waals surface area (Å²) >= 11 is 0. The Hall–Kier alpha value is -1.56. The molecule has 4 saturated carbocycles. The summed E-state index contributed by atoms with van der Waals surface area (Å²) < 4.78 is 0. The predicted octanol–water partition coefficient (Wildman–Crippen LogP) is 10.4. The minimum atomic E-state index is 0.713. The van der Waals surface area contributed by atoms with E-state index in [4.69, 9.17) is 0 Å². The molecular weight excluding hydrogens is 432 g/mol. The Bertz CT molecular complexity index is 874. The smallest absolute Gasteiger partial charge is 0.00592 e. The van der Waals surface area contributed by atoms with Crippen LogP contribution in [0.5, 0.6) is 0 Å². The van der Waals surface area contributed by atoms with Crippen LogP contribution in [-0.2, 0) is 0 Å². The molecule has 0 spiro atoms. The van der Waals surface area contributed by atoms with Crippen molar-refractivity contribution >= 4 is 0 Å². The summed E-state index contributed by atoms with van der Waals surface area (Å²) in [5, 5.41) is 0. The van der Waals surface area contributed by atoms with Crippen molar-refractivity contribution in [2.75, 3.05) is 0 Å². The van der Waals surface area contributed by atoms with E-state index in [0.717, 1.165) is 53.3 Å². The first kappa shape index (κ1) is 26.1. The summed E-state index contributed by atoms with van der Waals surface area (Å²) in [6.07, 6.45) is 11.9. The summed E-state index contributed by atoms with van der Waals surface area (Å²) in [7, 11) is 0. The van der Waals surface area contributed by atoms with Gasteiger partial charge in [-0.25, -0.2) is 0 Å². The van der Waals surface area contributed by atoms with Gasteiger partial charge in [0.25, 0.3) is 0 Å². The standard InChI is InChI=1S/C21H24.C15H28/c1-14-15(2)19-13-18(14)20(16-9-5-3-6-10-16)21(19)17-11-7-4-8-12-17;1-4-5-6-7-8-13-9-14-10-15(13)12(3)11(14)2/h3-12,14-15,18-21H,13H2,1-2H3;11-15H,4-10H2,1-3H3. The first-order chi connectivity index (χ1) is 17.5. The highest BCUT2D eigenvalue weighted by molar-refractivity contribution is 5.34. The Kier molecular flexibility index (Phi) is 8.29. The van der Waals surface area contributed by atoms with Gasteiger partial charge in [0.15, 0.2) is 0 Å². The Balaban J connectivity index is 0.000000157. The van der Waals surface area contributed by atoms with Crippen molar-refractivity contribution < 1.29 is 0 Å². The number of hydrogen-bond acceptors (Lipinski definition) is 0. The zero-order valence-electron chi connectivity index (χ0n) is 23.8. The molecule has 0 aromatic heterocycles. The van der Waals surface area contributed by atoms with Gasteiger partial charge >= 0.3 is 0 Å². The molecule has 0 saturated heterocycles. The lowest BCUT2D eigenvalue weighted by molar-refractivity contribution is 0.178. The van der Waals surface area contributed by atoms with E-state index in [-0.39, 0.29) is 0 Å². The molecule has 2 aromatic carbocycles. The lowest BCUT2D eigenvalue weighted by Gasteiger charge is -2.39. The average molecular weight is 485 g/mol. The number of benzene rings is 2. The van der Waals surface area contributed by atoms with Crippen molar-refractivity contribution in [2.24, 2.45) is 53.3 Å². The second-order valence-electron chi connectivity index (χ2n) is 13.4. The van der Waals surface area contributed by atoms with Crippen LogP contribution >= 0.6 is 0 Å². The van der Waals surface area contributed by atoms with Crippen LogP contribution in [0.1, 0.15) is 109 Å². The zero-order chi connectivity index (χ0) is 25.2. The minimum absolute atomic E-state index is 0.713.